The van der Waals surface area contributed by atoms with Gasteiger partial charge in [0.15, 0.2) is 6.10 Å². The second kappa shape index (κ2) is 8.90. The molecule has 0 heterocycles. The van der Waals surface area contributed by atoms with Crippen molar-refractivity contribution in [2.45, 2.75) is 20.0 Å². The summed E-state index contributed by atoms with van der Waals surface area (Å²) in [7, 11) is 0. The van der Waals surface area contributed by atoms with E-state index in [4.69, 9.17) is 9.47 Å². The Bertz CT molecular complexity index is 987. The zero-order valence-electron chi connectivity index (χ0n) is 15.8. The smallest absolute Gasteiger partial charge is 0.279 e. The highest BCUT2D eigenvalue weighted by Gasteiger charge is 2.17. The summed E-state index contributed by atoms with van der Waals surface area (Å²) in [5, 5.41) is 2.11. The monoisotopic (exact) mass is 378 g/mol. The number of hydrazine groups is 1. The normalized spacial score (nSPS) is 11.5. The third-order valence-electron chi connectivity index (χ3n) is 4.13. The van der Waals surface area contributed by atoms with Crippen LogP contribution in [-0.4, -0.2) is 24.5 Å². The fraction of sp³-hybridized carbons (Fsp3) is 0.182. The Hall–Kier alpha value is -3.54. The van der Waals surface area contributed by atoms with Crippen molar-refractivity contribution in [2.75, 3.05) is 6.61 Å². The minimum absolute atomic E-state index is 0.341. The molecule has 0 spiro atoms. The van der Waals surface area contributed by atoms with E-state index in [0.717, 1.165) is 10.8 Å². The number of carbonyl (C=O) groups is 2. The summed E-state index contributed by atoms with van der Waals surface area (Å²) in [4.78, 5) is 24.6. The molecule has 2 N–H and O–H groups in total. The average molecular weight is 378 g/mol. The predicted octanol–water partition coefficient (Wildman–Crippen LogP) is 3.47. The van der Waals surface area contributed by atoms with E-state index in [-0.39, 0.29) is 0 Å². The molecule has 0 saturated carbocycles. The molecule has 2 amide bonds. The molecule has 0 aliphatic carbocycles. The van der Waals surface area contributed by atoms with E-state index in [1.165, 1.54) is 0 Å². The Morgan fingerprint density at radius 3 is 2.43 bits per heavy atom. The number of hydrogen-bond donors (Lipinski definition) is 2. The van der Waals surface area contributed by atoms with Crippen molar-refractivity contribution < 1.29 is 19.1 Å². The lowest BCUT2D eigenvalue weighted by Crippen LogP contribution is -2.47. The molecule has 0 aromatic heterocycles. The molecule has 0 saturated heterocycles. The van der Waals surface area contributed by atoms with Crippen LogP contribution in [0.2, 0.25) is 0 Å². The van der Waals surface area contributed by atoms with Crippen LogP contribution in [0.1, 0.15) is 24.2 Å². The molecule has 0 radical (unpaired) electrons. The molecule has 3 rings (SSSR count). The largest absolute Gasteiger partial charge is 0.493 e. The van der Waals surface area contributed by atoms with Gasteiger partial charge in [0.05, 0.1) is 12.2 Å². The van der Waals surface area contributed by atoms with Gasteiger partial charge in [-0.15, -0.1) is 0 Å². The molecule has 1 unspecified atom stereocenters. The Kier molecular flexibility index (Phi) is 6.11. The van der Waals surface area contributed by atoms with Gasteiger partial charge < -0.3 is 9.47 Å². The van der Waals surface area contributed by atoms with E-state index in [9.17, 15) is 9.59 Å². The Labute approximate surface area is 163 Å². The molecule has 1 atom stereocenters. The van der Waals surface area contributed by atoms with Crippen molar-refractivity contribution in [3.05, 3.63) is 72.3 Å². The first-order valence-electron chi connectivity index (χ1n) is 9.06. The average Bonchev–Trinajstić information content (AvgIpc) is 2.72. The van der Waals surface area contributed by atoms with Crippen LogP contribution in [0.5, 0.6) is 11.5 Å². The maximum absolute atomic E-state index is 12.3. The number of fused-ring (bicyclic) bond motifs is 1. The van der Waals surface area contributed by atoms with E-state index < -0.39 is 17.9 Å². The molecule has 3 aromatic rings. The SMILES string of the molecule is CCOc1ccccc1C(=O)NNC(=O)C(C)Oc1ccc2ccccc2c1. The van der Waals surface area contributed by atoms with Gasteiger partial charge >= 0.3 is 0 Å². The zero-order valence-corrected chi connectivity index (χ0v) is 15.8. The molecule has 6 heteroatoms. The summed E-state index contributed by atoms with van der Waals surface area (Å²) in [5.74, 6) is 0.109. The topological polar surface area (TPSA) is 76.7 Å². The Morgan fingerprint density at radius 2 is 1.64 bits per heavy atom. The minimum Gasteiger partial charge on any atom is -0.493 e. The molecule has 3 aromatic carbocycles. The molecule has 6 nitrogen and oxygen atoms in total. The van der Waals surface area contributed by atoms with Crippen molar-refractivity contribution in [2.24, 2.45) is 0 Å². The van der Waals surface area contributed by atoms with E-state index in [0.29, 0.717) is 23.7 Å². The van der Waals surface area contributed by atoms with Crippen LogP contribution in [0, 0.1) is 0 Å². The summed E-state index contributed by atoms with van der Waals surface area (Å²) >= 11 is 0. The van der Waals surface area contributed by atoms with E-state index in [1.54, 1.807) is 31.2 Å². The third-order valence-corrected chi connectivity index (χ3v) is 4.13. The standard InChI is InChI=1S/C22H22N2O4/c1-3-27-20-11-7-6-10-19(20)22(26)24-23-21(25)15(2)28-18-13-12-16-8-4-5-9-17(16)14-18/h4-15H,3H2,1-2H3,(H,23,25)(H,24,26). The van der Waals surface area contributed by atoms with Gasteiger partial charge in [-0.2, -0.15) is 0 Å². The number of carbonyl (C=O) groups excluding carboxylic acids is 2. The Morgan fingerprint density at radius 1 is 0.929 bits per heavy atom. The number of rotatable bonds is 6. The molecule has 0 fully saturated rings. The van der Waals surface area contributed by atoms with Crippen LogP contribution < -0.4 is 20.3 Å². The van der Waals surface area contributed by atoms with Crippen molar-refractivity contribution >= 4 is 22.6 Å². The van der Waals surface area contributed by atoms with Crippen LogP contribution in [0.3, 0.4) is 0 Å². The second-order valence-electron chi connectivity index (χ2n) is 6.14. The lowest BCUT2D eigenvalue weighted by Gasteiger charge is -2.16. The predicted molar refractivity (Wildman–Crippen MR) is 107 cm³/mol. The maximum Gasteiger partial charge on any atom is 0.279 e. The summed E-state index contributed by atoms with van der Waals surface area (Å²) in [6.45, 7) is 3.89. The van der Waals surface area contributed by atoms with Crippen LogP contribution in [0.4, 0.5) is 0 Å². The quantitative estimate of drug-likeness (QED) is 0.644. The zero-order chi connectivity index (χ0) is 19.9. The lowest BCUT2D eigenvalue weighted by molar-refractivity contribution is -0.128. The lowest BCUT2D eigenvalue weighted by atomic mass is 10.1. The van der Waals surface area contributed by atoms with Crippen LogP contribution in [0.25, 0.3) is 10.8 Å². The number of ether oxygens (including phenoxy) is 2. The molecule has 144 valence electrons. The molecular formula is C22H22N2O4. The van der Waals surface area contributed by atoms with Crippen molar-refractivity contribution in [3.8, 4) is 11.5 Å². The first-order chi connectivity index (χ1) is 13.6. The number of amides is 2. The maximum atomic E-state index is 12.3. The van der Waals surface area contributed by atoms with Crippen molar-refractivity contribution in [1.82, 2.24) is 10.9 Å². The summed E-state index contributed by atoms with van der Waals surface area (Å²) in [6.07, 6.45) is -0.788. The fourth-order valence-corrected chi connectivity index (χ4v) is 2.72. The number of benzene rings is 3. The van der Waals surface area contributed by atoms with Gasteiger partial charge in [0.1, 0.15) is 11.5 Å². The van der Waals surface area contributed by atoms with Crippen molar-refractivity contribution in [1.29, 1.82) is 0 Å². The second-order valence-corrected chi connectivity index (χ2v) is 6.14. The highest BCUT2D eigenvalue weighted by atomic mass is 16.5. The summed E-state index contributed by atoms with van der Waals surface area (Å²) in [5.41, 5.74) is 5.12. The molecule has 0 aliphatic rings. The molecule has 0 bridgehead atoms. The molecule has 0 aliphatic heterocycles. The van der Waals surface area contributed by atoms with Gasteiger partial charge in [0.2, 0.25) is 0 Å². The van der Waals surface area contributed by atoms with Gasteiger partial charge in [-0.3, -0.25) is 20.4 Å². The first-order valence-corrected chi connectivity index (χ1v) is 9.06. The number of hydrogen-bond acceptors (Lipinski definition) is 4. The van der Waals surface area contributed by atoms with E-state index >= 15 is 0 Å². The Balaban J connectivity index is 1.58. The van der Waals surface area contributed by atoms with Gasteiger partial charge in [0.25, 0.3) is 11.8 Å². The van der Waals surface area contributed by atoms with Gasteiger partial charge in [-0.1, -0.05) is 42.5 Å². The number of nitrogens with one attached hydrogen (secondary N) is 2. The highest BCUT2D eigenvalue weighted by Crippen LogP contribution is 2.21. The van der Waals surface area contributed by atoms with Crippen LogP contribution in [-0.2, 0) is 4.79 Å². The van der Waals surface area contributed by atoms with E-state index in [2.05, 4.69) is 10.9 Å². The summed E-state index contributed by atoms with van der Waals surface area (Å²) in [6, 6.07) is 20.3. The number of para-hydroxylation sites is 1. The van der Waals surface area contributed by atoms with Crippen LogP contribution in [0.15, 0.2) is 66.7 Å². The van der Waals surface area contributed by atoms with Gasteiger partial charge in [0, 0.05) is 0 Å². The molecular weight excluding hydrogens is 356 g/mol. The summed E-state index contributed by atoms with van der Waals surface area (Å²) < 4.78 is 11.1. The van der Waals surface area contributed by atoms with Gasteiger partial charge in [-0.05, 0) is 48.9 Å². The highest BCUT2D eigenvalue weighted by molar-refractivity contribution is 5.98. The van der Waals surface area contributed by atoms with E-state index in [1.807, 2.05) is 49.4 Å². The van der Waals surface area contributed by atoms with Gasteiger partial charge in [-0.25, -0.2) is 0 Å². The fourth-order valence-electron chi connectivity index (χ4n) is 2.72. The third kappa shape index (κ3) is 4.59. The van der Waals surface area contributed by atoms with Crippen molar-refractivity contribution in [3.63, 3.8) is 0 Å². The minimum atomic E-state index is -0.788. The first kappa shape index (κ1) is 19.2. The van der Waals surface area contributed by atoms with Crippen LogP contribution >= 0.6 is 0 Å². The molecule has 28 heavy (non-hydrogen) atoms.